The normalized spacial score (nSPS) is 19.7. The zero-order valence-corrected chi connectivity index (χ0v) is 23.6. The molecular weight excluding hydrogens is 619 g/mol. The van der Waals surface area contributed by atoms with E-state index in [4.69, 9.17) is 30.5 Å². The first-order valence-corrected chi connectivity index (χ1v) is 15.8. The minimum atomic E-state index is -5.66. The lowest BCUT2D eigenvalue weighted by atomic mass is 10.2. The lowest BCUT2D eigenvalue weighted by Gasteiger charge is -2.19. The Kier molecular flexibility index (Phi) is 13.1. The third-order valence-corrected chi connectivity index (χ3v) is 8.49. The molecule has 0 spiro atoms. The van der Waals surface area contributed by atoms with Crippen molar-refractivity contribution in [1.29, 1.82) is 0 Å². The van der Waals surface area contributed by atoms with Gasteiger partial charge in [0.2, 0.25) is 5.91 Å². The van der Waals surface area contributed by atoms with Gasteiger partial charge in [-0.2, -0.15) is 13.6 Å². The van der Waals surface area contributed by atoms with E-state index in [-0.39, 0.29) is 62.9 Å². The Bertz CT molecular complexity index is 1400. The summed E-state index contributed by atoms with van der Waals surface area (Å²) in [7, 11) is -16.5. The lowest BCUT2D eigenvalue weighted by molar-refractivity contribution is -0.121. The number of aromatic nitrogens is 2. The Balaban J connectivity index is 1.90. The predicted molar refractivity (Wildman–Crippen MR) is 135 cm³/mol. The molecule has 2 unspecified atom stereocenters. The second-order valence-corrected chi connectivity index (χ2v) is 12.2. The van der Waals surface area contributed by atoms with Gasteiger partial charge < -0.3 is 40.1 Å². The van der Waals surface area contributed by atoms with Crippen LogP contribution in [0.25, 0.3) is 10.4 Å². The molecule has 1 amide bonds. The van der Waals surface area contributed by atoms with Crippen LogP contribution in [0.3, 0.4) is 0 Å². The number of hydrogen-bond donors (Lipinski definition) is 6. The Labute approximate surface area is 231 Å². The average Bonchev–Trinajstić information content (AvgIpc) is 3.30. The highest BCUT2D eigenvalue weighted by Gasteiger charge is 2.41. The average molecular weight is 645 g/mol. The molecule has 1 aliphatic heterocycles. The van der Waals surface area contributed by atoms with Crippen LogP contribution in [0.2, 0.25) is 0 Å². The number of nitrogens with two attached hydrogens (primary N) is 1. The fraction of sp³-hybridized carbons (Fsp3) is 0.588. The van der Waals surface area contributed by atoms with E-state index in [9.17, 15) is 33.1 Å². The summed E-state index contributed by atoms with van der Waals surface area (Å²) in [5, 5.41) is 5.82. The van der Waals surface area contributed by atoms with Gasteiger partial charge in [-0.15, -0.1) is 0 Å². The van der Waals surface area contributed by atoms with E-state index in [0.717, 1.165) is 4.57 Å². The molecule has 0 saturated carbocycles. The molecule has 1 fully saturated rings. The summed E-state index contributed by atoms with van der Waals surface area (Å²) in [6.07, 6.45) is -0.142. The number of nitrogens with zero attached hydrogens (tertiary/aromatic N) is 5. The molecule has 24 heteroatoms. The first-order valence-electron chi connectivity index (χ1n) is 11.3. The number of phosphoric ester groups is 1. The highest BCUT2D eigenvalue weighted by atomic mass is 31.3. The van der Waals surface area contributed by atoms with Gasteiger partial charge in [-0.3, -0.25) is 13.9 Å². The van der Waals surface area contributed by atoms with Crippen molar-refractivity contribution in [3.05, 3.63) is 32.7 Å². The predicted octanol–water partition coefficient (Wildman–Crippen LogP) is 0.0311. The smallest absolute Gasteiger partial charge is 0.382 e. The van der Waals surface area contributed by atoms with Crippen molar-refractivity contribution in [1.82, 2.24) is 14.9 Å². The summed E-state index contributed by atoms with van der Waals surface area (Å²) in [6, 6.07) is 0. The van der Waals surface area contributed by atoms with Gasteiger partial charge >= 0.3 is 29.2 Å². The van der Waals surface area contributed by atoms with Crippen molar-refractivity contribution in [2.75, 3.05) is 38.6 Å². The van der Waals surface area contributed by atoms with Crippen LogP contribution in [0, 0.1) is 11.8 Å². The van der Waals surface area contributed by atoms with Gasteiger partial charge in [0.15, 0.2) is 0 Å². The van der Waals surface area contributed by atoms with Crippen molar-refractivity contribution < 1.29 is 60.7 Å². The van der Waals surface area contributed by atoms with E-state index >= 15 is 0 Å². The second kappa shape index (κ2) is 15.5. The van der Waals surface area contributed by atoms with Crippen molar-refractivity contribution in [2.24, 2.45) is 5.11 Å². The van der Waals surface area contributed by atoms with Crippen LogP contribution < -0.4 is 16.7 Å². The molecule has 0 aromatic carbocycles. The molecule has 1 aromatic heterocycles. The first kappa shape index (κ1) is 34.6. The highest BCUT2D eigenvalue weighted by Crippen LogP contribution is 2.66. The molecule has 4 atom stereocenters. The highest BCUT2D eigenvalue weighted by molar-refractivity contribution is 7.66. The molecule has 2 rings (SSSR count). The van der Waals surface area contributed by atoms with E-state index in [1.54, 1.807) is 0 Å². The largest absolute Gasteiger partial charge is 0.490 e. The molecule has 0 aliphatic carbocycles. The van der Waals surface area contributed by atoms with Gasteiger partial charge in [-0.1, -0.05) is 17.0 Å². The molecule has 1 aromatic rings. The zero-order chi connectivity index (χ0) is 30.7. The van der Waals surface area contributed by atoms with Crippen LogP contribution in [0.15, 0.2) is 16.1 Å². The second-order valence-electron chi connectivity index (χ2n) is 7.80. The third-order valence-electron chi connectivity index (χ3n) is 4.69. The third kappa shape index (κ3) is 13.3. The number of ether oxygens (including phenoxy) is 2. The number of hydrogen-bond acceptors (Lipinski definition) is 13. The van der Waals surface area contributed by atoms with Crippen molar-refractivity contribution >= 4 is 35.2 Å². The number of phosphoric acid groups is 3. The van der Waals surface area contributed by atoms with Gasteiger partial charge in [0.25, 0.3) is 0 Å². The zero-order valence-electron chi connectivity index (χ0n) is 20.9. The van der Waals surface area contributed by atoms with Crippen molar-refractivity contribution in [2.45, 2.75) is 31.6 Å². The molecule has 21 nitrogen and oxygen atoms in total. The van der Waals surface area contributed by atoms with E-state index in [1.165, 1.54) is 6.20 Å². The molecule has 41 heavy (non-hydrogen) atoms. The number of amides is 1. The minimum absolute atomic E-state index is 0.0504. The quantitative estimate of drug-likeness (QED) is 0.0366. The van der Waals surface area contributed by atoms with Gasteiger partial charge in [-0.25, -0.2) is 18.5 Å². The van der Waals surface area contributed by atoms with Crippen LogP contribution in [-0.4, -0.2) is 74.0 Å². The Morgan fingerprint density at radius 1 is 1.24 bits per heavy atom. The minimum Gasteiger partial charge on any atom is -0.382 e. The lowest BCUT2D eigenvalue weighted by Crippen LogP contribution is -2.29. The number of rotatable bonds is 15. The van der Waals surface area contributed by atoms with Gasteiger partial charge in [0, 0.05) is 24.1 Å². The van der Waals surface area contributed by atoms with Crippen molar-refractivity contribution in [3.63, 3.8) is 0 Å². The van der Waals surface area contributed by atoms with E-state index in [0.29, 0.717) is 0 Å². The Morgan fingerprint density at radius 3 is 2.66 bits per heavy atom. The number of azide groups is 1. The fourth-order valence-electron chi connectivity index (χ4n) is 3.07. The SMILES string of the molecule is [N-]=[N+]=NCCOCCC(=O)NCC#Cc1cn([C@H]2CC[C@@H](COP(=O)(O)OP(=O)(O)OP(=O)(O)O)O2)c(=O)nc1N. The summed E-state index contributed by atoms with van der Waals surface area (Å²) in [4.78, 5) is 66.3. The summed E-state index contributed by atoms with van der Waals surface area (Å²) in [5.74, 6) is 4.80. The molecule has 0 bridgehead atoms. The maximum atomic E-state index is 12.4. The molecule has 0 radical (unpaired) electrons. The molecule has 1 aliphatic rings. The summed E-state index contributed by atoms with van der Waals surface area (Å²) in [5.41, 5.74) is 13.3. The number of carbonyl (C=O) groups excluding carboxylic acids is 1. The standard InChI is InChI=1S/C17H26N7O14P3/c18-16-12(2-1-6-20-14(25)5-8-34-9-7-21-23-19)10-24(17(26)22-16)15-4-3-13(36-15)11-35-40(30,31)38-41(32,33)37-39(27,28)29/h10,13,15H,3-9,11H2,(H,20,25)(H,30,31)(H,32,33)(H2,18,22,26)(H2,27,28,29)/t13-,15+/m0/s1. The van der Waals surface area contributed by atoms with Crippen LogP contribution >= 0.6 is 23.5 Å². The van der Waals surface area contributed by atoms with Crippen LogP contribution in [-0.2, 0) is 41.1 Å². The fourth-order valence-corrected chi connectivity index (χ4v) is 6.12. The maximum Gasteiger partial charge on any atom is 0.490 e. The number of nitrogen functional groups attached to an aromatic ring is 1. The molecule has 2 heterocycles. The molecule has 228 valence electrons. The summed E-state index contributed by atoms with van der Waals surface area (Å²) < 4.78 is 57.6. The van der Waals surface area contributed by atoms with E-state index in [2.05, 4.69) is 45.3 Å². The topological polar surface area (TPSA) is 317 Å². The number of anilines is 1. The monoisotopic (exact) mass is 645 g/mol. The van der Waals surface area contributed by atoms with Crippen molar-refractivity contribution in [3.8, 4) is 11.8 Å². The van der Waals surface area contributed by atoms with Gasteiger partial charge in [0.1, 0.15) is 12.0 Å². The number of carbonyl (C=O) groups is 1. The van der Waals surface area contributed by atoms with Crippen LogP contribution in [0.1, 0.15) is 31.1 Å². The maximum absolute atomic E-state index is 12.4. The summed E-state index contributed by atoms with van der Waals surface area (Å²) >= 11 is 0. The van der Waals surface area contributed by atoms with Gasteiger partial charge in [-0.05, 0) is 18.4 Å². The Morgan fingerprint density at radius 2 is 1.98 bits per heavy atom. The molecular formula is C17H26N7O14P3. The molecule has 7 N–H and O–H groups in total. The summed E-state index contributed by atoms with van der Waals surface area (Å²) in [6.45, 7) is -0.291. The van der Waals surface area contributed by atoms with Crippen LogP contribution in [0.5, 0.6) is 0 Å². The number of nitrogens with one attached hydrogen (secondary N) is 1. The first-order chi connectivity index (χ1) is 19.1. The van der Waals surface area contributed by atoms with Gasteiger partial charge in [0.05, 0.1) is 38.0 Å². The van der Waals surface area contributed by atoms with Crippen LogP contribution in [0.4, 0.5) is 5.82 Å². The Hall–Kier alpha value is -2.65. The van der Waals surface area contributed by atoms with E-state index in [1.807, 2.05) is 0 Å². The molecule has 1 saturated heterocycles. The van der Waals surface area contributed by atoms with E-state index < -0.39 is 48.1 Å².